The van der Waals surface area contributed by atoms with Crippen LogP contribution in [0.4, 0.5) is 0 Å². The van der Waals surface area contributed by atoms with Crippen LogP contribution in [-0.2, 0) is 6.42 Å². The molecule has 112 valence electrons. The van der Waals surface area contributed by atoms with E-state index in [0.717, 1.165) is 38.0 Å². The summed E-state index contributed by atoms with van der Waals surface area (Å²) in [7, 11) is 0. The molecule has 0 amide bonds. The second kappa shape index (κ2) is 6.98. The van der Waals surface area contributed by atoms with Crippen LogP contribution in [0.15, 0.2) is 12.1 Å². The Kier molecular flexibility index (Phi) is 5.30. The third kappa shape index (κ3) is 3.26. The van der Waals surface area contributed by atoms with Crippen molar-refractivity contribution < 1.29 is 10.2 Å². The lowest BCUT2D eigenvalue weighted by molar-refractivity contribution is 0.247. The van der Waals surface area contributed by atoms with Crippen LogP contribution < -0.4 is 0 Å². The molecule has 2 N–H and O–H groups in total. The van der Waals surface area contributed by atoms with Crippen molar-refractivity contribution in [1.82, 2.24) is 4.90 Å². The van der Waals surface area contributed by atoms with Crippen LogP contribution in [0.25, 0.3) is 0 Å². The first-order valence-electron chi connectivity index (χ1n) is 7.93. The molecule has 1 aromatic carbocycles. The summed E-state index contributed by atoms with van der Waals surface area (Å²) in [5.74, 6) is 0.608. The van der Waals surface area contributed by atoms with E-state index in [1.165, 1.54) is 24.8 Å². The number of fused-ring (bicyclic) bond motifs is 1. The predicted molar refractivity (Wildman–Crippen MR) is 82.5 cm³/mol. The Morgan fingerprint density at radius 2 is 1.85 bits per heavy atom. The lowest BCUT2D eigenvalue weighted by Crippen LogP contribution is -2.31. The maximum Gasteiger partial charge on any atom is 0.160 e. The summed E-state index contributed by atoms with van der Waals surface area (Å²) < 4.78 is 0. The largest absolute Gasteiger partial charge is 0.504 e. The molecular formula is C17H27NO2. The smallest absolute Gasteiger partial charge is 0.160 e. The minimum atomic E-state index is 0.0170. The van der Waals surface area contributed by atoms with Gasteiger partial charge >= 0.3 is 0 Å². The van der Waals surface area contributed by atoms with Gasteiger partial charge in [0, 0.05) is 12.1 Å². The molecule has 0 aromatic heterocycles. The third-order valence-electron chi connectivity index (χ3n) is 4.28. The Hall–Kier alpha value is -1.22. The molecule has 1 aliphatic rings. The molecule has 2 rings (SSSR count). The number of phenols is 2. The van der Waals surface area contributed by atoms with Gasteiger partial charge in [0.25, 0.3) is 0 Å². The number of hydrogen-bond donors (Lipinski definition) is 2. The molecule has 20 heavy (non-hydrogen) atoms. The third-order valence-corrected chi connectivity index (χ3v) is 4.28. The highest BCUT2D eigenvalue weighted by Gasteiger charge is 2.25. The predicted octanol–water partition coefficient (Wildman–Crippen LogP) is 3.64. The van der Waals surface area contributed by atoms with Gasteiger partial charge in [-0.05, 0) is 62.7 Å². The second-order valence-electron chi connectivity index (χ2n) is 5.89. The number of hydrogen-bond acceptors (Lipinski definition) is 3. The monoisotopic (exact) mass is 277 g/mol. The Morgan fingerprint density at radius 3 is 2.50 bits per heavy atom. The Morgan fingerprint density at radius 1 is 1.15 bits per heavy atom. The molecule has 1 atom stereocenters. The van der Waals surface area contributed by atoms with Gasteiger partial charge in [-0.2, -0.15) is 0 Å². The molecule has 0 bridgehead atoms. The van der Waals surface area contributed by atoms with Crippen molar-refractivity contribution in [1.29, 1.82) is 0 Å². The summed E-state index contributed by atoms with van der Waals surface area (Å²) in [6, 6.07) is 3.64. The maximum atomic E-state index is 10.0. The van der Waals surface area contributed by atoms with Gasteiger partial charge in [0.2, 0.25) is 0 Å². The number of nitrogens with zero attached hydrogens (tertiary/aromatic N) is 1. The van der Waals surface area contributed by atoms with Gasteiger partial charge in [0.05, 0.1) is 0 Å². The van der Waals surface area contributed by atoms with Crippen molar-refractivity contribution in [2.24, 2.45) is 0 Å². The van der Waals surface area contributed by atoms with Crippen LogP contribution in [0.3, 0.4) is 0 Å². The zero-order valence-corrected chi connectivity index (χ0v) is 12.7. The second-order valence-corrected chi connectivity index (χ2v) is 5.89. The maximum absolute atomic E-state index is 10.0. The number of benzene rings is 1. The van der Waals surface area contributed by atoms with Gasteiger partial charge in [0.15, 0.2) is 11.5 Å². The first-order chi connectivity index (χ1) is 9.67. The fraction of sp³-hybridized carbons (Fsp3) is 0.647. The van der Waals surface area contributed by atoms with Gasteiger partial charge in [0.1, 0.15) is 0 Å². The van der Waals surface area contributed by atoms with Gasteiger partial charge in [-0.15, -0.1) is 0 Å². The molecule has 0 aliphatic heterocycles. The highest BCUT2D eigenvalue weighted by Crippen LogP contribution is 2.40. The molecule has 0 fully saturated rings. The molecule has 0 heterocycles. The molecule has 0 spiro atoms. The minimum absolute atomic E-state index is 0.0170. The van der Waals surface area contributed by atoms with Crippen molar-refractivity contribution in [3.8, 4) is 11.5 Å². The summed E-state index contributed by atoms with van der Waals surface area (Å²) in [5, 5.41) is 19.7. The van der Waals surface area contributed by atoms with E-state index < -0.39 is 0 Å². The molecule has 1 aliphatic carbocycles. The van der Waals surface area contributed by atoms with Gasteiger partial charge in [-0.1, -0.05) is 19.9 Å². The molecule has 0 radical (unpaired) electrons. The van der Waals surface area contributed by atoms with E-state index in [4.69, 9.17) is 0 Å². The number of rotatable bonds is 6. The molecule has 0 saturated heterocycles. The Labute approximate surface area is 122 Å². The fourth-order valence-electron chi connectivity index (χ4n) is 3.39. The van der Waals surface area contributed by atoms with Gasteiger partial charge < -0.3 is 15.1 Å². The van der Waals surface area contributed by atoms with Crippen LogP contribution >= 0.6 is 0 Å². The van der Waals surface area contributed by atoms with Crippen molar-refractivity contribution in [3.63, 3.8) is 0 Å². The lowest BCUT2D eigenvalue weighted by atomic mass is 9.82. The molecule has 0 saturated carbocycles. The van der Waals surface area contributed by atoms with Crippen molar-refractivity contribution >= 4 is 0 Å². The Bertz CT molecular complexity index is 439. The van der Waals surface area contributed by atoms with E-state index in [1.54, 1.807) is 6.07 Å². The molecule has 3 nitrogen and oxygen atoms in total. The van der Waals surface area contributed by atoms with Crippen LogP contribution in [0.5, 0.6) is 11.5 Å². The van der Waals surface area contributed by atoms with Gasteiger partial charge in [-0.25, -0.2) is 0 Å². The standard InChI is InChI=1S/C17H27NO2/c1-3-10-18(11-4-2)12-13-6-5-7-15-14(13)8-9-16(19)17(15)20/h8-9,13,19-20H,3-7,10-12H2,1-2H3. The van der Waals surface area contributed by atoms with Crippen molar-refractivity contribution in [2.75, 3.05) is 19.6 Å². The highest BCUT2D eigenvalue weighted by molar-refractivity contribution is 5.51. The first kappa shape index (κ1) is 15.2. The van der Waals surface area contributed by atoms with Crippen LogP contribution in [-0.4, -0.2) is 34.7 Å². The number of phenolic OH excluding ortho intramolecular Hbond substituents is 2. The van der Waals surface area contributed by atoms with E-state index in [2.05, 4.69) is 18.7 Å². The first-order valence-corrected chi connectivity index (χ1v) is 7.93. The SMILES string of the molecule is CCCN(CCC)CC1CCCc2c1ccc(O)c2O. The molecule has 1 unspecified atom stereocenters. The summed E-state index contributed by atoms with van der Waals surface area (Å²) in [6.45, 7) is 7.80. The van der Waals surface area contributed by atoms with Gasteiger partial charge in [-0.3, -0.25) is 0 Å². The number of aromatic hydroxyl groups is 2. The Balaban J connectivity index is 2.17. The van der Waals surface area contributed by atoms with Crippen LogP contribution in [0, 0.1) is 0 Å². The summed E-state index contributed by atoms with van der Waals surface area (Å²) in [6.07, 6.45) is 5.52. The average Bonchev–Trinajstić information content (AvgIpc) is 2.44. The zero-order chi connectivity index (χ0) is 14.5. The highest BCUT2D eigenvalue weighted by atomic mass is 16.3. The topological polar surface area (TPSA) is 43.7 Å². The molecule has 1 aromatic rings. The van der Waals surface area contributed by atoms with E-state index in [0.29, 0.717) is 5.92 Å². The van der Waals surface area contributed by atoms with E-state index in [9.17, 15) is 10.2 Å². The van der Waals surface area contributed by atoms with Crippen LogP contribution in [0.1, 0.15) is 56.6 Å². The summed E-state index contributed by atoms with van der Waals surface area (Å²) in [4.78, 5) is 2.53. The summed E-state index contributed by atoms with van der Waals surface area (Å²) >= 11 is 0. The molecule has 3 heteroatoms. The van der Waals surface area contributed by atoms with E-state index >= 15 is 0 Å². The van der Waals surface area contributed by atoms with Crippen LogP contribution in [0.2, 0.25) is 0 Å². The van der Waals surface area contributed by atoms with Crippen molar-refractivity contribution in [3.05, 3.63) is 23.3 Å². The minimum Gasteiger partial charge on any atom is -0.504 e. The quantitative estimate of drug-likeness (QED) is 0.780. The zero-order valence-electron chi connectivity index (χ0n) is 12.7. The normalized spacial score (nSPS) is 18.2. The van der Waals surface area contributed by atoms with E-state index in [-0.39, 0.29) is 11.5 Å². The fourth-order valence-corrected chi connectivity index (χ4v) is 3.39. The lowest BCUT2D eigenvalue weighted by Gasteiger charge is -2.31. The summed E-state index contributed by atoms with van der Waals surface area (Å²) in [5.41, 5.74) is 2.21. The molecular weight excluding hydrogens is 250 g/mol. The average molecular weight is 277 g/mol. The van der Waals surface area contributed by atoms with Crippen molar-refractivity contribution in [2.45, 2.75) is 51.9 Å². The van der Waals surface area contributed by atoms with E-state index in [1.807, 2.05) is 6.07 Å².